The van der Waals surface area contributed by atoms with Gasteiger partial charge in [-0.2, -0.15) is 0 Å². The molecule has 0 aliphatic carbocycles. The highest BCUT2D eigenvalue weighted by molar-refractivity contribution is 9.09. The maximum atomic E-state index is 3.38. The number of hydrogen-bond acceptors (Lipinski definition) is 1. The maximum absolute atomic E-state index is 3.38. The standard InChI is InChI=1S/C12H14BrN/c1-14-8-6-11-9-10(3-2-7-13)4-5-12(11)14/h2-5,9H,6-8H2,1H3. The van der Waals surface area contributed by atoms with Crippen molar-refractivity contribution in [3.8, 4) is 0 Å². The van der Waals surface area contributed by atoms with Gasteiger partial charge in [0.25, 0.3) is 0 Å². The van der Waals surface area contributed by atoms with Crippen molar-refractivity contribution in [2.24, 2.45) is 0 Å². The highest BCUT2D eigenvalue weighted by Gasteiger charge is 2.14. The van der Waals surface area contributed by atoms with Crippen LogP contribution in [0.25, 0.3) is 6.08 Å². The van der Waals surface area contributed by atoms with Crippen LogP contribution in [0.1, 0.15) is 11.1 Å². The maximum Gasteiger partial charge on any atom is 0.0397 e. The minimum Gasteiger partial charge on any atom is -0.374 e. The van der Waals surface area contributed by atoms with E-state index in [0.29, 0.717) is 0 Å². The molecule has 74 valence electrons. The highest BCUT2D eigenvalue weighted by atomic mass is 79.9. The molecule has 1 aromatic carbocycles. The Morgan fingerprint density at radius 1 is 1.50 bits per heavy atom. The smallest absolute Gasteiger partial charge is 0.0397 e. The molecule has 0 saturated heterocycles. The van der Waals surface area contributed by atoms with E-state index in [4.69, 9.17) is 0 Å². The lowest BCUT2D eigenvalue weighted by Crippen LogP contribution is -2.12. The van der Waals surface area contributed by atoms with E-state index in [2.05, 4.69) is 58.2 Å². The van der Waals surface area contributed by atoms with Gasteiger partial charge in [-0.3, -0.25) is 0 Å². The number of allylic oxidation sites excluding steroid dienone is 1. The van der Waals surface area contributed by atoms with Crippen molar-refractivity contribution in [3.05, 3.63) is 35.4 Å². The number of hydrogen-bond donors (Lipinski definition) is 0. The summed E-state index contributed by atoms with van der Waals surface area (Å²) in [5, 5.41) is 0.921. The van der Waals surface area contributed by atoms with Crippen LogP contribution in [0.2, 0.25) is 0 Å². The summed E-state index contributed by atoms with van der Waals surface area (Å²) in [6.07, 6.45) is 5.47. The van der Waals surface area contributed by atoms with E-state index in [1.165, 1.54) is 23.2 Å². The first kappa shape index (κ1) is 9.78. The van der Waals surface area contributed by atoms with Crippen LogP contribution in [0, 0.1) is 0 Å². The molecule has 0 radical (unpaired) electrons. The number of nitrogens with zero attached hydrogens (tertiary/aromatic N) is 1. The molecule has 0 aromatic heterocycles. The van der Waals surface area contributed by atoms with Crippen LogP contribution in [0.3, 0.4) is 0 Å². The van der Waals surface area contributed by atoms with Gasteiger partial charge < -0.3 is 4.90 Å². The number of benzene rings is 1. The number of fused-ring (bicyclic) bond motifs is 1. The Hall–Kier alpha value is -0.760. The fourth-order valence-corrected chi connectivity index (χ4v) is 2.06. The van der Waals surface area contributed by atoms with Crippen molar-refractivity contribution in [1.29, 1.82) is 0 Å². The van der Waals surface area contributed by atoms with Gasteiger partial charge in [-0.05, 0) is 29.7 Å². The Kier molecular flexibility index (Phi) is 2.92. The predicted molar refractivity (Wildman–Crippen MR) is 66.2 cm³/mol. The quantitative estimate of drug-likeness (QED) is 0.731. The van der Waals surface area contributed by atoms with Gasteiger partial charge in [-0.25, -0.2) is 0 Å². The second-order valence-corrected chi connectivity index (χ2v) is 4.26. The van der Waals surface area contributed by atoms with E-state index in [0.717, 1.165) is 11.9 Å². The van der Waals surface area contributed by atoms with Crippen LogP contribution in [0.5, 0.6) is 0 Å². The highest BCUT2D eigenvalue weighted by Crippen LogP contribution is 2.27. The molecule has 0 spiro atoms. The van der Waals surface area contributed by atoms with Crippen LogP contribution < -0.4 is 4.90 Å². The number of rotatable bonds is 2. The Morgan fingerprint density at radius 3 is 3.14 bits per heavy atom. The molecule has 0 amide bonds. The monoisotopic (exact) mass is 251 g/mol. The molecule has 2 rings (SSSR count). The summed E-state index contributed by atoms with van der Waals surface area (Å²) in [5.74, 6) is 0. The van der Waals surface area contributed by atoms with Crippen LogP contribution in [0.15, 0.2) is 24.3 Å². The Morgan fingerprint density at radius 2 is 2.36 bits per heavy atom. The average molecular weight is 252 g/mol. The van der Waals surface area contributed by atoms with Crippen molar-refractivity contribution < 1.29 is 0 Å². The van der Waals surface area contributed by atoms with Gasteiger partial charge in [0.05, 0.1) is 0 Å². The Bertz CT molecular complexity index is 357. The van der Waals surface area contributed by atoms with Gasteiger partial charge in [0.1, 0.15) is 0 Å². The predicted octanol–water partition coefficient (Wildman–Crippen LogP) is 3.09. The number of likely N-dealkylation sites (N-methyl/N-ethyl adjacent to an activating group) is 1. The van der Waals surface area contributed by atoms with Crippen molar-refractivity contribution >= 4 is 27.7 Å². The molecule has 0 bridgehead atoms. The van der Waals surface area contributed by atoms with Gasteiger partial charge >= 0.3 is 0 Å². The molecule has 0 N–H and O–H groups in total. The molecule has 1 aromatic rings. The molecule has 1 nitrogen and oxygen atoms in total. The van der Waals surface area contributed by atoms with Gasteiger partial charge in [-0.1, -0.05) is 34.1 Å². The fraction of sp³-hybridized carbons (Fsp3) is 0.333. The average Bonchev–Trinajstić information content (AvgIpc) is 2.57. The fourth-order valence-electron chi connectivity index (χ4n) is 1.87. The Labute approximate surface area is 93.6 Å². The first-order valence-corrected chi connectivity index (χ1v) is 6.00. The van der Waals surface area contributed by atoms with Crippen LogP contribution in [-0.4, -0.2) is 18.9 Å². The number of anilines is 1. The van der Waals surface area contributed by atoms with Gasteiger partial charge in [0.15, 0.2) is 0 Å². The lowest BCUT2D eigenvalue weighted by atomic mass is 10.1. The summed E-state index contributed by atoms with van der Waals surface area (Å²) < 4.78 is 0. The minimum atomic E-state index is 0.921. The molecule has 1 aliphatic heterocycles. The molecular weight excluding hydrogens is 238 g/mol. The summed E-state index contributed by atoms with van der Waals surface area (Å²) >= 11 is 3.38. The summed E-state index contributed by atoms with van der Waals surface area (Å²) in [6.45, 7) is 1.15. The van der Waals surface area contributed by atoms with E-state index < -0.39 is 0 Å². The lowest BCUT2D eigenvalue weighted by Gasteiger charge is -2.11. The zero-order valence-electron chi connectivity index (χ0n) is 8.33. The molecule has 1 heterocycles. The molecule has 0 atom stereocenters. The zero-order valence-corrected chi connectivity index (χ0v) is 9.92. The lowest BCUT2D eigenvalue weighted by molar-refractivity contribution is 0.956. The molecule has 2 heteroatoms. The third-order valence-electron chi connectivity index (χ3n) is 2.63. The van der Waals surface area contributed by atoms with Crippen molar-refractivity contribution in [1.82, 2.24) is 0 Å². The van der Waals surface area contributed by atoms with E-state index in [1.54, 1.807) is 0 Å². The molecule has 14 heavy (non-hydrogen) atoms. The van der Waals surface area contributed by atoms with Crippen LogP contribution in [-0.2, 0) is 6.42 Å². The second-order valence-electron chi connectivity index (χ2n) is 3.62. The molecule has 0 fully saturated rings. The first-order valence-electron chi connectivity index (χ1n) is 4.88. The summed E-state index contributed by atoms with van der Waals surface area (Å²) in [4.78, 5) is 2.31. The third-order valence-corrected chi connectivity index (χ3v) is 3.00. The molecular formula is C12H14BrN. The van der Waals surface area contributed by atoms with Gasteiger partial charge in [-0.15, -0.1) is 0 Å². The topological polar surface area (TPSA) is 3.24 Å². The summed E-state index contributed by atoms with van der Waals surface area (Å²) in [7, 11) is 2.15. The SMILES string of the molecule is CN1CCc2cc(C=CCBr)ccc21. The molecule has 0 saturated carbocycles. The molecule has 0 unspecified atom stereocenters. The zero-order chi connectivity index (χ0) is 9.97. The minimum absolute atomic E-state index is 0.921. The van der Waals surface area contributed by atoms with E-state index in [1.807, 2.05) is 0 Å². The van der Waals surface area contributed by atoms with Gasteiger partial charge in [0, 0.05) is 24.6 Å². The van der Waals surface area contributed by atoms with Gasteiger partial charge in [0.2, 0.25) is 0 Å². The molecule has 1 aliphatic rings. The second kappa shape index (κ2) is 4.18. The van der Waals surface area contributed by atoms with Crippen molar-refractivity contribution in [2.45, 2.75) is 6.42 Å². The summed E-state index contributed by atoms with van der Waals surface area (Å²) in [6, 6.07) is 6.69. The van der Waals surface area contributed by atoms with Crippen molar-refractivity contribution in [3.63, 3.8) is 0 Å². The number of alkyl halides is 1. The van der Waals surface area contributed by atoms with E-state index >= 15 is 0 Å². The van der Waals surface area contributed by atoms with Crippen molar-refractivity contribution in [2.75, 3.05) is 23.8 Å². The van der Waals surface area contributed by atoms with Crippen LogP contribution in [0.4, 0.5) is 5.69 Å². The largest absolute Gasteiger partial charge is 0.374 e. The first-order chi connectivity index (χ1) is 6.81. The number of halogens is 1. The van der Waals surface area contributed by atoms with Crippen LogP contribution >= 0.6 is 15.9 Å². The summed E-state index contributed by atoms with van der Waals surface area (Å²) in [5.41, 5.74) is 4.17. The van der Waals surface area contributed by atoms with E-state index in [9.17, 15) is 0 Å². The third kappa shape index (κ3) is 1.85. The van der Waals surface area contributed by atoms with E-state index in [-0.39, 0.29) is 0 Å². The Balaban J connectivity index is 2.28. The normalized spacial score (nSPS) is 15.1.